The van der Waals surface area contributed by atoms with Gasteiger partial charge in [-0.05, 0) is 49.2 Å². The van der Waals surface area contributed by atoms with Crippen molar-refractivity contribution in [2.75, 3.05) is 23.4 Å². The van der Waals surface area contributed by atoms with Gasteiger partial charge in [-0.2, -0.15) is 0 Å². The number of rotatable bonds is 4. The summed E-state index contributed by atoms with van der Waals surface area (Å²) in [7, 11) is 0. The van der Waals surface area contributed by atoms with Crippen molar-refractivity contribution in [3.63, 3.8) is 0 Å². The van der Waals surface area contributed by atoms with Gasteiger partial charge in [-0.25, -0.2) is 0 Å². The molecule has 1 N–H and O–H groups in total. The molecule has 0 atom stereocenters. The molecule has 1 aliphatic rings. The molecule has 2 aromatic carbocycles. The third-order valence-corrected chi connectivity index (χ3v) is 5.03. The highest BCUT2D eigenvalue weighted by Crippen LogP contribution is 2.29. The van der Waals surface area contributed by atoms with E-state index < -0.39 is 18.5 Å². The molecule has 4 rings (SSSR count). The van der Waals surface area contributed by atoms with Gasteiger partial charge in [-0.15, -0.1) is 0 Å². The fraction of sp³-hybridized carbons (Fsp3) is 0.227. The van der Waals surface area contributed by atoms with E-state index in [4.69, 9.17) is 9.15 Å². The average Bonchev–Trinajstić information content (AvgIpc) is 3.07. The molecule has 0 spiro atoms. The molecule has 29 heavy (non-hydrogen) atoms. The van der Waals surface area contributed by atoms with Gasteiger partial charge in [0.15, 0.2) is 6.61 Å². The van der Waals surface area contributed by atoms with Crippen molar-refractivity contribution in [3.8, 4) is 0 Å². The highest BCUT2D eigenvalue weighted by Gasteiger charge is 2.27. The van der Waals surface area contributed by atoms with E-state index in [1.165, 1.54) is 11.2 Å². The van der Waals surface area contributed by atoms with Gasteiger partial charge in [0.05, 0.1) is 24.1 Å². The van der Waals surface area contributed by atoms with E-state index >= 15 is 0 Å². The van der Waals surface area contributed by atoms with E-state index in [1.54, 1.807) is 24.3 Å². The third kappa shape index (κ3) is 3.71. The van der Waals surface area contributed by atoms with Crippen LogP contribution in [0.5, 0.6) is 0 Å². The topological polar surface area (TPSA) is 88.8 Å². The van der Waals surface area contributed by atoms with E-state index in [9.17, 15) is 14.4 Å². The zero-order valence-corrected chi connectivity index (χ0v) is 16.2. The molecule has 0 saturated carbocycles. The number of anilines is 2. The number of carbonyl (C=O) groups excluding carboxylic acids is 3. The van der Waals surface area contributed by atoms with Crippen LogP contribution in [-0.2, 0) is 25.5 Å². The second kappa shape index (κ2) is 7.43. The molecular weight excluding hydrogens is 372 g/mol. The molecule has 2 heterocycles. The van der Waals surface area contributed by atoms with Crippen LogP contribution in [-0.4, -0.2) is 30.9 Å². The van der Waals surface area contributed by atoms with Crippen molar-refractivity contribution in [2.24, 2.45) is 0 Å². The SMILES string of the molecule is Cc1cc2occ(CC(=O)OCC(=O)N3CC(=O)Nc4ccccc43)c2cc1C. The Balaban J connectivity index is 1.42. The minimum Gasteiger partial charge on any atom is -0.464 e. The lowest BCUT2D eigenvalue weighted by molar-refractivity contribution is -0.147. The number of nitrogens with zero attached hydrogens (tertiary/aromatic N) is 1. The van der Waals surface area contributed by atoms with Gasteiger partial charge < -0.3 is 14.5 Å². The van der Waals surface area contributed by atoms with Gasteiger partial charge in [-0.3, -0.25) is 19.3 Å². The highest BCUT2D eigenvalue weighted by molar-refractivity contribution is 6.10. The van der Waals surface area contributed by atoms with Gasteiger partial charge in [0.25, 0.3) is 5.91 Å². The van der Waals surface area contributed by atoms with Crippen molar-refractivity contribution >= 4 is 40.1 Å². The van der Waals surface area contributed by atoms with Crippen molar-refractivity contribution < 1.29 is 23.5 Å². The summed E-state index contributed by atoms with van der Waals surface area (Å²) in [5, 5.41) is 3.57. The summed E-state index contributed by atoms with van der Waals surface area (Å²) < 4.78 is 10.7. The van der Waals surface area contributed by atoms with Crippen LogP contribution in [0.3, 0.4) is 0 Å². The monoisotopic (exact) mass is 392 g/mol. The minimum absolute atomic E-state index is 0.000145. The van der Waals surface area contributed by atoms with Crippen LogP contribution in [0.15, 0.2) is 47.1 Å². The number of ether oxygens (including phenoxy) is 1. The number of fused-ring (bicyclic) bond motifs is 2. The maximum Gasteiger partial charge on any atom is 0.310 e. The summed E-state index contributed by atoms with van der Waals surface area (Å²) in [4.78, 5) is 38.0. The van der Waals surface area contributed by atoms with Gasteiger partial charge in [0, 0.05) is 10.9 Å². The smallest absolute Gasteiger partial charge is 0.310 e. The number of amides is 2. The van der Waals surface area contributed by atoms with Crippen LogP contribution in [0.25, 0.3) is 11.0 Å². The fourth-order valence-corrected chi connectivity index (χ4v) is 3.36. The molecule has 0 unspecified atom stereocenters. The Bertz CT molecular complexity index is 1130. The molecule has 1 aliphatic heterocycles. The molecule has 3 aromatic rings. The summed E-state index contributed by atoms with van der Waals surface area (Å²) >= 11 is 0. The number of furan rings is 1. The summed E-state index contributed by atoms with van der Waals surface area (Å²) in [6, 6.07) is 10.9. The Labute approximate surface area is 167 Å². The van der Waals surface area contributed by atoms with E-state index in [0.29, 0.717) is 22.5 Å². The molecular formula is C22H20N2O5. The summed E-state index contributed by atoms with van der Waals surface area (Å²) in [6.07, 6.45) is 1.54. The minimum atomic E-state index is -0.533. The maximum atomic E-state index is 12.6. The molecule has 148 valence electrons. The van der Waals surface area contributed by atoms with Crippen molar-refractivity contribution in [3.05, 3.63) is 59.4 Å². The third-order valence-electron chi connectivity index (χ3n) is 5.03. The number of esters is 1. The first-order valence-corrected chi connectivity index (χ1v) is 9.24. The largest absolute Gasteiger partial charge is 0.464 e. The second-order valence-electron chi connectivity index (χ2n) is 7.08. The normalized spacial score (nSPS) is 13.2. The van der Waals surface area contributed by atoms with Crippen LogP contribution >= 0.6 is 0 Å². The number of nitrogens with one attached hydrogen (secondary N) is 1. The lowest BCUT2D eigenvalue weighted by atomic mass is 10.0. The number of hydrogen-bond donors (Lipinski definition) is 1. The highest BCUT2D eigenvalue weighted by atomic mass is 16.5. The molecule has 0 radical (unpaired) electrons. The molecule has 0 bridgehead atoms. The molecule has 7 heteroatoms. The quantitative estimate of drug-likeness (QED) is 0.689. The predicted molar refractivity (Wildman–Crippen MR) is 108 cm³/mol. The number of para-hydroxylation sites is 2. The first-order chi connectivity index (χ1) is 13.9. The first kappa shape index (κ1) is 18.7. The molecule has 0 fully saturated rings. The van der Waals surface area contributed by atoms with Crippen LogP contribution < -0.4 is 10.2 Å². The van der Waals surface area contributed by atoms with Crippen molar-refractivity contribution in [1.29, 1.82) is 0 Å². The van der Waals surface area contributed by atoms with Crippen molar-refractivity contribution in [2.45, 2.75) is 20.3 Å². The zero-order valence-electron chi connectivity index (χ0n) is 16.2. The zero-order chi connectivity index (χ0) is 20.5. The van der Waals surface area contributed by atoms with E-state index in [0.717, 1.165) is 16.5 Å². The number of carbonyl (C=O) groups is 3. The second-order valence-corrected chi connectivity index (χ2v) is 7.08. The summed E-state index contributed by atoms with van der Waals surface area (Å²) in [5.74, 6) is -1.28. The Morgan fingerprint density at radius 1 is 1.17 bits per heavy atom. The van der Waals surface area contributed by atoms with E-state index in [-0.39, 0.29) is 18.9 Å². The van der Waals surface area contributed by atoms with Crippen LogP contribution in [0.4, 0.5) is 11.4 Å². The number of hydrogen-bond acceptors (Lipinski definition) is 5. The average molecular weight is 392 g/mol. The van der Waals surface area contributed by atoms with Crippen LogP contribution in [0, 0.1) is 13.8 Å². The fourth-order valence-electron chi connectivity index (χ4n) is 3.36. The van der Waals surface area contributed by atoms with Gasteiger partial charge in [0.2, 0.25) is 5.91 Å². The Morgan fingerprint density at radius 2 is 1.93 bits per heavy atom. The Hall–Kier alpha value is -3.61. The lowest BCUT2D eigenvalue weighted by Gasteiger charge is -2.28. The van der Waals surface area contributed by atoms with E-state index in [1.807, 2.05) is 26.0 Å². The number of benzene rings is 2. The number of aryl methyl sites for hydroxylation is 2. The molecule has 7 nitrogen and oxygen atoms in total. The van der Waals surface area contributed by atoms with Gasteiger partial charge in [-0.1, -0.05) is 12.1 Å². The molecule has 1 aromatic heterocycles. The molecule has 0 aliphatic carbocycles. The van der Waals surface area contributed by atoms with Crippen molar-refractivity contribution in [1.82, 2.24) is 0 Å². The molecule has 2 amide bonds. The maximum absolute atomic E-state index is 12.6. The first-order valence-electron chi connectivity index (χ1n) is 9.24. The predicted octanol–water partition coefficient (Wildman–Crippen LogP) is 3.12. The lowest BCUT2D eigenvalue weighted by Crippen LogP contribution is -2.44. The summed E-state index contributed by atoms with van der Waals surface area (Å²) in [5.41, 5.74) is 4.77. The van der Waals surface area contributed by atoms with Gasteiger partial charge in [0.1, 0.15) is 12.1 Å². The Kier molecular flexibility index (Phi) is 4.80. The van der Waals surface area contributed by atoms with Crippen LogP contribution in [0.2, 0.25) is 0 Å². The standard InChI is InChI=1S/C22H20N2O5/c1-13-7-16-15(11-28-19(16)8-14(13)2)9-22(27)29-12-21(26)24-10-20(25)23-17-5-3-4-6-18(17)24/h3-8,11H,9-10,12H2,1-2H3,(H,23,25). The van der Waals surface area contributed by atoms with E-state index in [2.05, 4.69) is 5.32 Å². The van der Waals surface area contributed by atoms with Crippen LogP contribution in [0.1, 0.15) is 16.7 Å². The van der Waals surface area contributed by atoms with Gasteiger partial charge >= 0.3 is 5.97 Å². The Morgan fingerprint density at radius 3 is 2.76 bits per heavy atom. The molecule has 0 saturated heterocycles. The summed E-state index contributed by atoms with van der Waals surface area (Å²) in [6.45, 7) is 3.44.